The van der Waals surface area contributed by atoms with Crippen molar-refractivity contribution in [2.45, 2.75) is 5.92 Å². The van der Waals surface area contributed by atoms with Gasteiger partial charge in [0.2, 0.25) is 0 Å². The Labute approximate surface area is 300 Å². The van der Waals surface area contributed by atoms with Crippen LogP contribution in [0.15, 0.2) is 170 Å². The molecule has 0 bridgehead atoms. The van der Waals surface area contributed by atoms with Gasteiger partial charge in [0.1, 0.15) is 6.07 Å². The van der Waals surface area contributed by atoms with Gasteiger partial charge in [0, 0.05) is 33.4 Å². The molecule has 0 radical (unpaired) electrons. The molecule has 5 nitrogen and oxygen atoms in total. The number of nitriles is 1. The summed E-state index contributed by atoms with van der Waals surface area (Å²) in [4.78, 5) is 14.7. The molecule has 0 saturated carbocycles. The first kappa shape index (κ1) is 29.7. The Hall–Kier alpha value is -7.16. The zero-order valence-corrected chi connectivity index (χ0v) is 28.0. The summed E-state index contributed by atoms with van der Waals surface area (Å²) in [6, 6.07) is 60.9. The molecule has 0 saturated heterocycles. The average Bonchev–Trinajstić information content (AvgIpc) is 3.74. The molecule has 7 aromatic carbocycles. The molecule has 2 aromatic heterocycles. The summed E-state index contributed by atoms with van der Waals surface area (Å²) in [5.74, 6) is 1.77. The Kier molecular flexibility index (Phi) is 6.87. The predicted octanol–water partition coefficient (Wildman–Crippen LogP) is 11.0. The lowest BCUT2D eigenvalue weighted by Gasteiger charge is -2.16. The van der Waals surface area contributed by atoms with E-state index in [4.69, 9.17) is 15.0 Å². The molecular formula is C47H29N5. The highest BCUT2D eigenvalue weighted by Gasteiger charge is 2.33. The van der Waals surface area contributed by atoms with Crippen LogP contribution in [0.2, 0.25) is 0 Å². The molecule has 2 heterocycles. The van der Waals surface area contributed by atoms with Crippen LogP contribution >= 0.6 is 0 Å². The van der Waals surface area contributed by atoms with Crippen molar-refractivity contribution >= 4 is 21.8 Å². The molecule has 0 spiro atoms. The first-order valence-corrected chi connectivity index (χ1v) is 17.4. The minimum absolute atomic E-state index is 0.0922. The lowest BCUT2D eigenvalue weighted by Crippen LogP contribution is -2.02. The first-order valence-electron chi connectivity index (χ1n) is 17.4. The van der Waals surface area contributed by atoms with Crippen LogP contribution in [-0.2, 0) is 0 Å². The van der Waals surface area contributed by atoms with E-state index >= 15 is 0 Å². The molecule has 52 heavy (non-hydrogen) atoms. The summed E-state index contributed by atoms with van der Waals surface area (Å²) in [5.41, 5.74) is 12.4. The van der Waals surface area contributed by atoms with E-state index in [9.17, 15) is 5.26 Å². The molecule has 0 aliphatic heterocycles. The van der Waals surface area contributed by atoms with E-state index in [1.165, 1.54) is 33.2 Å². The number of hydrogen-bond donors (Lipinski definition) is 0. The quantitative estimate of drug-likeness (QED) is 0.184. The number of fused-ring (bicyclic) bond motifs is 7. The smallest absolute Gasteiger partial charge is 0.164 e. The molecule has 5 heteroatoms. The van der Waals surface area contributed by atoms with Gasteiger partial charge < -0.3 is 4.57 Å². The second kappa shape index (κ2) is 12.0. The van der Waals surface area contributed by atoms with E-state index in [1.54, 1.807) is 0 Å². The Morgan fingerprint density at radius 1 is 0.500 bits per heavy atom. The van der Waals surface area contributed by atoms with Gasteiger partial charge in [-0.2, -0.15) is 5.26 Å². The Bertz CT molecular complexity index is 2790. The second-order valence-corrected chi connectivity index (χ2v) is 13.1. The van der Waals surface area contributed by atoms with Crippen molar-refractivity contribution in [1.29, 1.82) is 5.26 Å². The van der Waals surface area contributed by atoms with Crippen LogP contribution in [0.25, 0.3) is 72.8 Å². The molecule has 1 aliphatic rings. The first-order chi connectivity index (χ1) is 25.8. The van der Waals surface area contributed by atoms with Crippen molar-refractivity contribution < 1.29 is 0 Å². The van der Waals surface area contributed by atoms with Crippen molar-refractivity contribution in [3.63, 3.8) is 0 Å². The maximum Gasteiger partial charge on any atom is 0.164 e. The van der Waals surface area contributed by atoms with Gasteiger partial charge in [0.25, 0.3) is 0 Å². The maximum absolute atomic E-state index is 10.7. The van der Waals surface area contributed by atoms with Gasteiger partial charge in [-0.1, -0.05) is 140 Å². The van der Waals surface area contributed by atoms with Crippen LogP contribution in [0.5, 0.6) is 0 Å². The fraction of sp³-hybridized carbons (Fsp3) is 0.0213. The predicted molar refractivity (Wildman–Crippen MR) is 208 cm³/mol. The molecule has 0 fully saturated rings. The van der Waals surface area contributed by atoms with E-state index < -0.39 is 0 Å². The van der Waals surface area contributed by atoms with Crippen LogP contribution in [0, 0.1) is 11.3 Å². The number of hydrogen-bond acceptors (Lipinski definition) is 4. The Morgan fingerprint density at radius 3 is 1.79 bits per heavy atom. The van der Waals surface area contributed by atoms with Crippen molar-refractivity contribution in [3.8, 4) is 57.0 Å². The van der Waals surface area contributed by atoms with Gasteiger partial charge >= 0.3 is 0 Å². The van der Waals surface area contributed by atoms with E-state index in [-0.39, 0.29) is 5.92 Å². The van der Waals surface area contributed by atoms with Crippen LogP contribution in [-0.4, -0.2) is 19.5 Å². The average molecular weight is 664 g/mol. The van der Waals surface area contributed by atoms with Gasteiger partial charge in [-0.25, -0.2) is 15.0 Å². The summed E-state index contributed by atoms with van der Waals surface area (Å²) in [6.45, 7) is 0. The van der Waals surface area contributed by atoms with Gasteiger partial charge in [-0.05, 0) is 58.1 Å². The Balaban J connectivity index is 1.18. The highest BCUT2D eigenvalue weighted by atomic mass is 15.0. The van der Waals surface area contributed by atoms with Crippen LogP contribution in [0.1, 0.15) is 28.2 Å². The molecule has 242 valence electrons. The van der Waals surface area contributed by atoms with Gasteiger partial charge in [0.15, 0.2) is 17.5 Å². The highest BCUT2D eigenvalue weighted by molar-refractivity contribution is 6.14. The van der Waals surface area contributed by atoms with Gasteiger partial charge in [-0.15, -0.1) is 0 Å². The summed E-state index contributed by atoms with van der Waals surface area (Å²) >= 11 is 0. The van der Waals surface area contributed by atoms with Crippen molar-refractivity contribution in [1.82, 2.24) is 19.5 Å². The van der Waals surface area contributed by atoms with Crippen molar-refractivity contribution in [2.24, 2.45) is 0 Å². The zero-order chi connectivity index (χ0) is 34.6. The minimum Gasteiger partial charge on any atom is -0.308 e. The lowest BCUT2D eigenvalue weighted by molar-refractivity contribution is 1.03. The number of aromatic nitrogens is 4. The zero-order valence-electron chi connectivity index (χ0n) is 28.0. The SMILES string of the molecule is N#Cc1cc(-c2nc(-c3ccccc3)nc(-c3ccccc3)n2)ccc1-n1c2ccccc2c2c3c(ccc21)-c1ccccc1C3c1ccccc1. The highest BCUT2D eigenvalue weighted by Crippen LogP contribution is 2.52. The fourth-order valence-corrected chi connectivity index (χ4v) is 7.92. The van der Waals surface area contributed by atoms with Crippen LogP contribution < -0.4 is 0 Å². The van der Waals surface area contributed by atoms with Gasteiger partial charge in [-0.3, -0.25) is 0 Å². The molecule has 1 unspecified atom stereocenters. The minimum atomic E-state index is 0.0922. The van der Waals surface area contributed by atoms with Crippen LogP contribution in [0.3, 0.4) is 0 Å². The maximum atomic E-state index is 10.7. The monoisotopic (exact) mass is 663 g/mol. The van der Waals surface area contributed by atoms with Gasteiger partial charge in [0.05, 0.1) is 22.3 Å². The molecule has 0 N–H and O–H groups in total. The summed E-state index contributed by atoms with van der Waals surface area (Å²) in [5, 5.41) is 13.1. The molecule has 0 amide bonds. The second-order valence-electron chi connectivity index (χ2n) is 13.1. The number of para-hydroxylation sites is 1. The summed E-state index contributed by atoms with van der Waals surface area (Å²) < 4.78 is 2.25. The molecule has 1 atom stereocenters. The number of nitrogens with zero attached hydrogens (tertiary/aromatic N) is 5. The van der Waals surface area contributed by atoms with E-state index in [0.717, 1.165) is 38.8 Å². The largest absolute Gasteiger partial charge is 0.308 e. The fourth-order valence-electron chi connectivity index (χ4n) is 7.92. The topological polar surface area (TPSA) is 67.4 Å². The standard InChI is InChI=1S/C47H29N5/c48-29-34-28-33(47-50-45(31-16-6-2-7-17-31)49-46(51-47)32-18-8-3-9-19-32)24-26-39(34)52-40-23-13-12-22-38(40)43-41(52)27-25-37-35-20-10-11-21-36(35)42(44(37)43)30-14-4-1-5-15-30/h1-28,42H. The summed E-state index contributed by atoms with van der Waals surface area (Å²) in [6.07, 6.45) is 0. The molecule has 10 rings (SSSR count). The van der Waals surface area contributed by atoms with E-state index in [2.05, 4.69) is 102 Å². The normalized spacial score (nSPS) is 13.2. The number of benzene rings is 7. The third-order valence-corrected chi connectivity index (χ3v) is 10.2. The Morgan fingerprint density at radius 2 is 1.10 bits per heavy atom. The third-order valence-electron chi connectivity index (χ3n) is 10.2. The lowest BCUT2D eigenvalue weighted by atomic mass is 9.87. The molecule has 1 aliphatic carbocycles. The number of rotatable bonds is 5. The van der Waals surface area contributed by atoms with Crippen molar-refractivity contribution in [2.75, 3.05) is 0 Å². The van der Waals surface area contributed by atoms with Crippen molar-refractivity contribution in [3.05, 3.63) is 192 Å². The summed E-state index contributed by atoms with van der Waals surface area (Å²) in [7, 11) is 0. The van der Waals surface area contributed by atoms with Crippen LogP contribution in [0.4, 0.5) is 0 Å². The molecular weight excluding hydrogens is 635 g/mol. The molecule has 9 aromatic rings. The van der Waals surface area contributed by atoms with E-state index in [0.29, 0.717) is 23.0 Å². The third kappa shape index (κ3) is 4.66. The van der Waals surface area contributed by atoms with E-state index in [1.807, 2.05) is 78.9 Å².